The number of aromatic nitrogens is 3. The number of hydrogen-bond donors (Lipinski definition) is 2. The number of carboxylic acid groups (broad SMARTS) is 1. The smallest absolute Gasteiger partial charge is 0.308 e. The van der Waals surface area contributed by atoms with Crippen molar-refractivity contribution in [3.8, 4) is 10.6 Å². The molecule has 8 heteroatoms. The number of carbonyl (C=O) groups is 2. The number of carboxylic acids is 1. The van der Waals surface area contributed by atoms with E-state index < -0.39 is 17.9 Å². The van der Waals surface area contributed by atoms with Crippen LogP contribution >= 0.6 is 11.3 Å². The van der Waals surface area contributed by atoms with Gasteiger partial charge in [-0.3, -0.25) is 14.3 Å². The minimum absolute atomic E-state index is 0.281. The fourth-order valence-corrected chi connectivity index (χ4v) is 2.44. The first-order valence-electron chi connectivity index (χ1n) is 6.36. The Bertz CT molecular complexity index is 664. The molecular formula is C13H16N4O3S. The van der Waals surface area contributed by atoms with Crippen LogP contribution in [-0.4, -0.2) is 37.8 Å². The molecular weight excluding hydrogens is 292 g/mol. The summed E-state index contributed by atoms with van der Waals surface area (Å²) in [5, 5.41) is 18.0. The van der Waals surface area contributed by atoms with Gasteiger partial charge in [0.15, 0.2) is 0 Å². The summed E-state index contributed by atoms with van der Waals surface area (Å²) in [6.07, 6.45) is 3.49. The van der Waals surface area contributed by atoms with Gasteiger partial charge in [-0.05, 0) is 13.8 Å². The number of rotatable bonds is 5. The van der Waals surface area contributed by atoms with Crippen LogP contribution in [-0.2, 0) is 11.8 Å². The van der Waals surface area contributed by atoms with Crippen LogP contribution in [0.2, 0.25) is 0 Å². The molecule has 112 valence electrons. The van der Waals surface area contributed by atoms with Crippen LogP contribution in [0.5, 0.6) is 0 Å². The molecule has 2 rings (SSSR count). The van der Waals surface area contributed by atoms with Crippen LogP contribution in [0.15, 0.2) is 17.8 Å². The van der Waals surface area contributed by atoms with Gasteiger partial charge in [0.2, 0.25) is 0 Å². The van der Waals surface area contributed by atoms with Crippen molar-refractivity contribution in [2.45, 2.75) is 19.9 Å². The van der Waals surface area contributed by atoms with Crippen LogP contribution in [0, 0.1) is 5.92 Å². The monoisotopic (exact) mass is 308 g/mol. The Morgan fingerprint density at radius 1 is 1.43 bits per heavy atom. The van der Waals surface area contributed by atoms with Gasteiger partial charge in [0.05, 0.1) is 12.1 Å². The van der Waals surface area contributed by atoms with Crippen molar-refractivity contribution in [2.24, 2.45) is 13.0 Å². The molecule has 21 heavy (non-hydrogen) atoms. The summed E-state index contributed by atoms with van der Waals surface area (Å²) in [5.74, 6) is -1.98. The molecule has 0 aliphatic carbocycles. The second-order valence-electron chi connectivity index (χ2n) is 4.83. The summed E-state index contributed by atoms with van der Waals surface area (Å²) in [4.78, 5) is 27.2. The largest absolute Gasteiger partial charge is 0.481 e. The first kappa shape index (κ1) is 15.2. The van der Waals surface area contributed by atoms with Gasteiger partial charge in [0, 0.05) is 30.2 Å². The lowest BCUT2D eigenvalue weighted by Gasteiger charge is -2.16. The maximum absolute atomic E-state index is 12.1. The van der Waals surface area contributed by atoms with Crippen molar-refractivity contribution in [1.29, 1.82) is 0 Å². The second-order valence-corrected chi connectivity index (χ2v) is 5.69. The zero-order valence-corrected chi connectivity index (χ0v) is 12.7. The predicted molar refractivity (Wildman–Crippen MR) is 78.0 cm³/mol. The number of thiazole rings is 1. The van der Waals surface area contributed by atoms with Crippen molar-refractivity contribution in [2.75, 3.05) is 0 Å². The number of carbonyl (C=O) groups excluding carboxylic acids is 1. The zero-order valence-electron chi connectivity index (χ0n) is 11.9. The van der Waals surface area contributed by atoms with Gasteiger partial charge in [0.25, 0.3) is 5.91 Å². The molecule has 0 aromatic carbocycles. The number of hydrogen-bond acceptors (Lipinski definition) is 5. The predicted octanol–water partition coefficient (Wildman–Crippen LogP) is 1.38. The van der Waals surface area contributed by atoms with E-state index in [-0.39, 0.29) is 11.6 Å². The third-order valence-electron chi connectivity index (χ3n) is 3.19. The SMILES string of the molecule is CC(NC(=O)c1csc(-c2cnn(C)c2)n1)C(C)C(=O)O. The number of aryl methyl sites for hydroxylation is 1. The first-order chi connectivity index (χ1) is 9.88. The normalized spacial score (nSPS) is 13.7. The Morgan fingerprint density at radius 3 is 2.71 bits per heavy atom. The average molecular weight is 308 g/mol. The maximum atomic E-state index is 12.1. The third kappa shape index (κ3) is 3.46. The van der Waals surface area contributed by atoms with Gasteiger partial charge >= 0.3 is 5.97 Å². The fourth-order valence-electron chi connectivity index (χ4n) is 1.66. The minimum Gasteiger partial charge on any atom is -0.481 e. The van der Waals surface area contributed by atoms with E-state index in [1.165, 1.54) is 11.3 Å². The molecule has 0 aliphatic rings. The third-order valence-corrected chi connectivity index (χ3v) is 4.08. The Labute approximate surface area is 125 Å². The van der Waals surface area contributed by atoms with Crippen molar-refractivity contribution in [3.63, 3.8) is 0 Å². The Morgan fingerprint density at radius 2 is 2.14 bits per heavy atom. The molecule has 2 N–H and O–H groups in total. The maximum Gasteiger partial charge on any atom is 0.308 e. The van der Waals surface area contributed by atoms with E-state index in [1.807, 2.05) is 6.20 Å². The van der Waals surface area contributed by atoms with Crippen LogP contribution in [0.25, 0.3) is 10.6 Å². The van der Waals surface area contributed by atoms with Gasteiger partial charge in [-0.25, -0.2) is 4.98 Å². The van der Waals surface area contributed by atoms with Crippen molar-refractivity contribution in [1.82, 2.24) is 20.1 Å². The highest BCUT2D eigenvalue weighted by molar-refractivity contribution is 7.13. The van der Waals surface area contributed by atoms with E-state index in [0.29, 0.717) is 5.01 Å². The summed E-state index contributed by atoms with van der Waals surface area (Å²) in [6.45, 7) is 3.21. The Hall–Kier alpha value is -2.22. The second kappa shape index (κ2) is 6.04. The van der Waals surface area contributed by atoms with E-state index in [1.54, 1.807) is 37.2 Å². The van der Waals surface area contributed by atoms with Gasteiger partial charge in [0.1, 0.15) is 10.7 Å². The average Bonchev–Trinajstić information content (AvgIpc) is 3.05. The van der Waals surface area contributed by atoms with Gasteiger partial charge in [-0.2, -0.15) is 5.10 Å². The van der Waals surface area contributed by atoms with Crippen LogP contribution in [0.3, 0.4) is 0 Å². The van der Waals surface area contributed by atoms with Crippen LogP contribution in [0.4, 0.5) is 0 Å². The minimum atomic E-state index is -0.947. The topological polar surface area (TPSA) is 97.1 Å². The Balaban J connectivity index is 2.07. The van der Waals surface area contributed by atoms with E-state index in [0.717, 1.165) is 5.56 Å². The first-order valence-corrected chi connectivity index (χ1v) is 7.24. The summed E-state index contributed by atoms with van der Waals surface area (Å²) >= 11 is 1.34. The quantitative estimate of drug-likeness (QED) is 0.870. The lowest BCUT2D eigenvalue weighted by molar-refractivity contribution is -0.141. The molecule has 0 aliphatic heterocycles. The van der Waals surface area contributed by atoms with Crippen molar-refractivity contribution >= 4 is 23.2 Å². The molecule has 1 amide bonds. The van der Waals surface area contributed by atoms with E-state index in [2.05, 4.69) is 15.4 Å². The molecule has 2 unspecified atom stereocenters. The van der Waals surface area contributed by atoms with Gasteiger partial charge < -0.3 is 10.4 Å². The van der Waals surface area contributed by atoms with Gasteiger partial charge in [-0.1, -0.05) is 0 Å². The molecule has 2 atom stereocenters. The van der Waals surface area contributed by atoms with E-state index in [9.17, 15) is 9.59 Å². The highest BCUT2D eigenvalue weighted by atomic mass is 32.1. The lowest BCUT2D eigenvalue weighted by Crippen LogP contribution is -2.40. The highest BCUT2D eigenvalue weighted by Crippen LogP contribution is 2.23. The molecule has 0 saturated carbocycles. The standard InChI is InChI=1S/C13H16N4O3S/c1-7(13(19)20)8(2)15-11(18)10-6-21-12(16-10)9-4-14-17(3)5-9/h4-8H,1-3H3,(H,15,18)(H,19,20). The molecule has 0 saturated heterocycles. The number of nitrogens with zero attached hydrogens (tertiary/aromatic N) is 3. The molecule has 0 radical (unpaired) electrons. The summed E-state index contributed by atoms with van der Waals surface area (Å²) in [5.41, 5.74) is 1.12. The van der Waals surface area contributed by atoms with Crippen LogP contribution < -0.4 is 5.32 Å². The van der Waals surface area contributed by atoms with Crippen molar-refractivity contribution in [3.05, 3.63) is 23.5 Å². The summed E-state index contributed by atoms with van der Waals surface area (Å²) in [6, 6.07) is -0.474. The molecule has 2 heterocycles. The molecule has 0 fully saturated rings. The molecule has 2 aromatic rings. The van der Waals surface area contributed by atoms with Crippen LogP contribution in [0.1, 0.15) is 24.3 Å². The van der Waals surface area contributed by atoms with Gasteiger partial charge in [-0.15, -0.1) is 11.3 Å². The number of nitrogens with one attached hydrogen (secondary N) is 1. The molecule has 0 spiro atoms. The zero-order chi connectivity index (χ0) is 15.6. The molecule has 2 aromatic heterocycles. The fraction of sp³-hybridized carbons (Fsp3) is 0.385. The molecule has 7 nitrogen and oxygen atoms in total. The highest BCUT2D eigenvalue weighted by Gasteiger charge is 2.22. The summed E-state index contributed by atoms with van der Waals surface area (Å²) in [7, 11) is 1.81. The molecule has 0 bridgehead atoms. The van der Waals surface area contributed by atoms with E-state index >= 15 is 0 Å². The number of aliphatic carboxylic acids is 1. The van der Waals surface area contributed by atoms with E-state index in [4.69, 9.17) is 5.11 Å². The lowest BCUT2D eigenvalue weighted by atomic mass is 10.0. The number of amides is 1. The van der Waals surface area contributed by atoms with Crippen molar-refractivity contribution < 1.29 is 14.7 Å². The Kier molecular flexibility index (Phi) is 4.37. The summed E-state index contributed by atoms with van der Waals surface area (Å²) < 4.78 is 1.66.